The summed E-state index contributed by atoms with van der Waals surface area (Å²) in [5.74, 6) is -1.83. The van der Waals surface area contributed by atoms with Gasteiger partial charge >= 0.3 is 0 Å². The molecule has 0 spiro atoms. The Balaban J connectivity index is 2.30. The predicted octanol–water partition coefficient (Wildman–Crippen LogP) is 3.12. The molecule has 21 heavy (non-hydrogen) atoms. The topological polar surface area (TPSA) is 66.4 Å². The van der Waals surface area contributed by atoms with Crippen molar-refractivity contribution in [1.29, 1.82) is 0 Å². The van der Waals surface area contributed by atoms with Crippen LogP contribution >= 0.6 is 27.3 Å². The molecule has 0 saturated carbocycles. The summed E-state index contributed by atoms with van der Waals surface area (Å²) in [4.78, 5) is 0.693. The minimum absolute atomic E-state index is 0.00852. The number of rotatable bonds is 5. The third-order valence-electron chi connectivity index (χ3n) is 2.51. The van der Waals surface area contributed by atoms with Gasteiger partial charge in [0.25, 0.3) is 10.0 Å². The van der Waals surface area contributed by atoms with Crippen LogP contribution in [0.3, 0.4) is 0 Å². The van der Waals surface area contributed by atoms with Gasteiger partial charge in [-0.3, -0.25) is 4.72 Å². The van der Waals surface area contributed by atoms with Crippen molar-refractivity contribution in [3.8, 4) is 0 Å². The molecule has 2 N–H and O–H groups in total. The first-order valence-corrected chi connectivity index (χ1v) is 8.79. The average Bonchev–Trinajstić information content (AvgIpc) is 2.86. The molecule has 2 rings (SSSR count). The van der Waals surface area contributed by atoms with Crippen molar-refractivity contribution in [2.75, 3.05) is 11.3 Å². The zero-order chi connectivity index (χ0) is 15.6. The second-order valence-electron chi connectivity index (χ2n) is 4.05. The molecular weight excluding hydrogens is 388 g/mol. The van der Waals surface area contributed by atoms with Gasteiger partial charge in [-0.2, -0.15) is 0 Å². The molecule has 0 unspecified atom stereocenters. The molecule has 0 aliphatic rings. The van der Waals surface area contributed by atoms with Gasteiger partial charge in [0.15, 0.2) is 0 Å². The number of aliphatic hydroxyl groups excluding tert-OH is 1. The van der Waals surface area contributed by atoms with Gasteiger partial charge < -0.3 is 5.11 Å². The van der Waals surface area contributed by atoms with Crippen LogP contribution in [0.2, 0.25) is 0 Å². The van der Waals surface area contributed by atoms with Crippen molar-refractivity contribution in [2.45, 2.75) is 10.6 Å². The fraction of sp³-hybridized carbons (Fsp3) is 0.167. The van der Waals surface area contributed by atoms with Gasteiger partial charge in [-0.15, -0.1) is 11.3 Å². The molecule has 0 bridgehead atoms. The minimum atomic E-state index is -3.96. The first-order valence-electron chi connectivity index (χ1n) is 5.70. The van der Waals surface area contributed by atoms with Gasteiger partial charge in [0.05, 0.1) is 10.2 Å². The highest BCUT2D eigenvalue weighted by atomic mass is 79.9. The summed E-state index contributed by atoms with van der Waals surface area (Å²) in [6.45, 7) is -0.0903. The summed E-state index contributed by atoms with van der Waals surface area (Å²) < 4.78 is 53.0. The molecule has 114 valence electrons. The Kier molecular flexibility index (Phi) is 4.97. The molecule has 0 aliphatic carbocycles. The molecular formula is C12H10BrF2NO3S2. The molecule has 0 saturated heterocycles. The average molecular weight is 398 g/mol. The lowest BCUT2D eigenvalue weighted by Crippen LogP contribution is -2.12. The number of aliphatic hydroxyl groups is 1. The number of thiophene rings is 1. The number of halogens is 3. The Morgan fingerprint density at radius 2 is 1.95 bits per heavy atom. The van der Waals surface area contributed by atoms with Gasteiger partial charge in [0, 0.05) is 24.0 Å². The van der Waals surface area contributed by atoms with Crippen LogP contribution in [0, 0.1) is 11.6 Å². The Hall–Kier alpha value is -1.03. The molecule has 1 aromatic heterocycles. The summed E-state index contributed by atoms with van der Waals surface area (Å²) in [5.41, 5.74) is -0.347. The van der Waals surface area contributed by atoms with E-state index in [-0.39, 0.29) is 21.0 Å². The van der Waals surface area contributed by atoms with Crippen molar-refractivity contribution >= 4 is 43.0 Å². The maximum Gasteiger partial charge on any atom is 0.271 e. The normalized spacial score (nSPS) is 11.6. The summed E-state index contributed by atoms with van der Waals surface area (Å²) >= 11 is 3.85. The summed E-state index contributed by atoms with van der Waals surface area (Å²) in [6.07, 6.45) is 0.344. The molecule has 1 aromatic carbocycles. The molecule has 0 aliphatic heterocycles. The molecule has 0 atom stereocenters. The number of sulfonamides is 1. The third-order valence-corrected chi connectivity index (χ3v) is 6.12. The Morgan fingerprint density at radius 1 is 1.24 bits per heavy atom. The third kappa shape index (κ3) is 3.79. The van der Waals surface area contributed by atoms with E-state index in [1.54, 1.807) is 6.07 Å². The van der Waals surface area contributed by atoms with Gasteiger partial charge in [-0.05, 0) is 34.1 Å². The zero-order valence-electron chi connectivity index (χ0n) is 10.4. The van der Waals surface area contributed by atoms with Crippen LogP contribution in [-0.2, 0) is 16.4 Å². The number of hydrogen-bond donors (Lipinski definition) is 2. The van der Waals surface area contributed by atoms with Crippen LogP contribution in [0.15, 0.2) is 32.9 Å². The minimum Gasteiger partial charge on any atom is -0.396 e. The van der Waals surface area contributed by atoms with Crippen molar-refractivity contribution < 1.29 is 22.3 Å². The van der Waals surface area contributed by atoms with Gasteiger partial charge in [-0.1, -0.05) is 0 Å². The van der Waals surface area contributed by atoms with E-state index in [1.807, 2.05) is 0 Å². The van der Waals surface area contributed by atoms with E-state index in [2.05, 4.69) is 20.7 Å². The van der Waals surface area contributed by atoms with E-state index in [0.717, 1.165) is 17.4 Å². The lowest BCUT2D eigenvalue weighted by molar-refractivity contribution is 0.300. The molecule has 1 heterocycles. The maximum atomic E-state index is 13.6. The molecule has 2 aromatic rings. The molecule has 0 fully saturated rings. The Morgan fingerprint density at radius 3 is 2.62 bits per heavy atom. The van der Waals surface area contributed by atoms with E-state index < -0.39 is 21.7 Å². The van der Waals surface area contributed by atoms with Crippen LogP contribution in [0.4, 0.5) is 14.5 Å². The fourth-order valence-corrected chi connectivity index (χ4v) is 4.29. The SMILES string of the molecule is O=S(=O)(Nc1cc(Br)c(F)cc1F)c1ccc(CCO)s1. The highest BCUT2D eigenvalue weighted by Gasteiger charge is 2.19. The lowest BCUT2D eigenvalue weighted by Gasteiger charge is -2.08. The fourth-order valence-electron chi connectivity index (χ4n) is 1.54. The van der Waals surface area contributed by atoms with Crippen LogP contribution in [0.25, 0.3) is 0 Å². The van der Waals surface area contributed by atoms with E-state index in [1.165, 1.54) is 6.07 Å². The van der Waals surface area contributed by atoms with Crippen LogP contribution < -0.4 is 4.72 Å². The van der Waals surface area contributed by atoms with Crippen molar-refractivity contribution in [3.05, 3.63) is 45.2 Å². The molecule has 0 radical (unpaired) electrons. The maximum absolute atomic E-state index is 13.6. The monoisotopic (exact) mass is 397 g/mol. The second-order valence-corrected chi connectivity index (χ2v) is 7.98. The quantitative estimate of drug-likeness (QED) is 0.761. The predicted molar refractivity (Wildman–Crippen MR) is 80.0 cm³/mol. The molecule has 9 heteroatoms. The zero-order valence-corrected chi connectivity index (χ0v) is 13.7. The highest BCUT2D eigenvalue weighted by molar-refractivity contribution is 9.10. The Bertz CT molecular complexity index is 762. The van der Waals surface area contributed by atoms with E-state index in [9.17, 15) is 17.2 Å². The smallest absolute Gasteiger partial charge is 0.271 e. The van der Waals surface area contributed by atoms with Crippen molar-refractivity contribution in [3.63, 3.8) is 0 Å². The van der Waals surface area contributed by atoms with Gasteiger partial charge in [-0.25, -0.2) is 17.2 Å². The Labute approximate surface area is 132 Å². The summed E-state index contributed by atoms with van der Waals surface area (Å²) in [5, 5.41) is 8.81. The van der Waals surface area contributed by atoms with Crippen molar-refractivity contribution in [1.82, 2.24) is 0 Å². The molecule has 0 amide bonds. The summed E-state index contributed by atoms with van der Waals surface area (Å²) in [7, 11) is -3.96. The van der Waals surface area contributed by atoms with Crippen molar-refractivity contribution in [2.24, 2.45) is 0 Å². The largest absolute Gasteiger partial charge is 0.396 e. The molecule has 4 nitrogen and oxygen atoms in total. The van der Waals surface area contributed by atoms with E-state index in [4.69, 9.17) is 5.11 Å². The van der Waals surface area contributed by atoms with Crippen LogP contribution in [-0.4, -0.2) is 20.1 Å². The van der Waals surface area contributed by atoms with Gasteiger partial charge in [0.2, 0.25) is 0 Å². The van der Waals surface area contributed by atoms with Crippen LogP contribution in [0.5, 0.6) is 0 Å². The number of hydrogen-bond acceptors (Lipinski definition) is 4. The first kappa shape index (κ1) is 16.3. The highest BCUT2D eigenvalue weighted by Crippen LogP contribution is 2.28. The lowest BCUT2D eigenvalue weighted by atomic mass is 10.3. The number of anilines is 1. The van der Waals surface area contributed by atoms with E-state index >= 15 is 0 Å². The first-order chi connectivity index (χ1) is 9.83. The number of benzene rings is 1. The number of nitrogens with one attached hydrogen (secondary N) is 1. The van der Waals surface area contributed by atoms with Gasteiger partial charge in [0.1, 0.15) is 15.8 Å². The van der Waals surface area contributed by atoms with E-state index in [0.29, 0.717) is 17.4 Å². The summed E-state index contributed by atoms with van der Waals surface area (Å²) in [6, 6.07) is 4.55. The van der Waals surface area contributed by atoms with Crippen LogP contribution in [0.1, 0.15) is 4.88 Å². The standard InChI is InChI=1S/C12H10BrF2NO3S2/c13-8-5-11(10(15)6-9(8)14)16-21(18,19)12-2-1-7(20-12)3-4-17/h1-2,5-6,16-17H,3-4H2. The second kappa shape index (κ2) is 6.39.